The first-order chi connectivity index (χ1) is 9.17. The Bertz CT molecular complexity index is 483. The van der Waals surface area contributed by atoms with E-state index in [2.05, 4.69) is 62.7 Å². The molecule has 0 amide bonds. The predicted molar refractivity (Wildman–Crippen MR) is 82.5 cm³/mol. The van der Waals surface area contributed by atoms with Gasteiger partial charge in [0.2, 0.25) is 0 Å². The van der Waals surface area contributed by atoms with E-state index in [9.17, 15) is 0 Å². The van der Waals surface area contributed by atoms with Gasteiger partial charge in [0.05, 0.1) is 0 Å². The topological polar surface area (TPSA) is 36.4 Å². The second kappa shape index (κ2) is 5.16. The Balaban J connectivity index is 1.53. The van der Waals surface area contributed by atoms with E-state index in [1.54, 1.807) is 0 Å². The van der Waals surface area contributed by atoms with Crippen molar-refractivity contribution in [3.63, 3.8) is 0 Å². The van der Waals surface area contributed by atoms with Crippen LogP contribution in [0, 0.1) is 5.92 Å². The van der Waals surface area contributed by atoms with E-state index >= 15 is 0 Å². The van der Waals surface area contributed by atoms with E-state index in [0.717, 1.165) is 16.4 Å². The van der Waals surface area contributed by atoms with Gasteiger partial charge >= 0.3 is 0 Å². The van der Waals surface area contributed by atoms with Crippen molar-refractivity contribution in [2.45, 2.75) is 37.8 Å². The molecule has 3 nitrogen and oxygen atoms in total. The van der Waals surface area contributed by atoms with Crippen LogP contribution in [0.2, 0.25) is 0 Å². The van der Waals surface area contributed by atoms with Crippen molar-refractivity contribution in [3.05, 3.63) is 34.3 Å². The lowest BCUT2D eigenvalue weighted by molar-refractivity contribution is 0.754. The van der Waals surface area contributed by atoms with E-state index in [1.807, 2.05) is 7.05 Å². The summed E-state index contributed by atoms with van der Waals surface area (Å²) in [7, 11) is 1.85. The molecule has 1 aromatic rings. The number of halogens is 1. The molecular weight excluding hydrogens is 302 g/mol. The Morgan fingerprint density at radius 3 is 2.37 bits per heavy atom. The third-order valence-electron chi connectivity index (χ3n) is 4.07. The maximum atomic E-state index is 4.31. The number of nitrogens with one attached hydrogen (secondary N) is 2. The summed E-state index contributed by atoms with van der Waals surface area (Å²) in [6.45, 7) is 2.27. The lowest BCUT2D eigenvalue weighted by Gasteiger charge is -2.11. The van der Waals surface area contributed by atoms with E-state index in [0.29, 0.717) is 18.0 Å². The summed E-state index contributed by atoms with van der Waals surface area (Å²) in [5.41, 5.74) is 1.41. The highest BCUT2D eigenvalue weighted by Gasteiger charge is 2.40. The molecule has 3 rings (SSSR count). The van der Waals surface area contributed by atoms with Gasteiger partial charge in [0.1, 0.15) is 0 Å². The Labute approximate surface area is 123 Å². The third kappa shape index (κ3) is 3.11. The van der Waals surface area contributed by atoms with Crippen LogP contribution in [0.25, 0.3) is 0 Å². The molecule has 0 aliphatic heterocycles. The van der Waals surface area contributed by atoms with Gasteiger partial charge in [-0.25, -0.2) is 0 Å². The lowest BCUT2D eigenvalue weighted by Crippen LogP contribution is -2.40. The van der Waals surface area contributed by atoms with E-state index in [-0.39, 0.29) is 0 Å². The SMILES string of the molecule is CN=C(NC1CC1C)NC1CC1c1ccc(Br)cc1. The van der Waals surface area contributed by atoms with Gasteiger partial charge in [-0.15, -0.1) is 0 Å². The first kappa shape index (κ1) is 13.0. The van der Waals surface area contributed by atoms with Gasteiger partial charge in [0.15, 0.2) is 5.96 Å². The second-order valence-electron chi connectivity index (χ2n) is 5.68. The van der Waals surface area contributed by atoms with Gasteiger partial charge in [-0.05, 0) is 36.5 Å². The highest BCUT2D eigenvalue weighted by atomic mass is 79.9. The molecule has 2 N–H and O–H groups in total. The summed E-state index contributed by atoms with van der Waals surface area (Å²) in [6, 6.07) is 9.79. The van der Waals surface area contributed by atoms with Crippen molar-refractivity contribution < 1.29 is 0 Å². The molecule has 4 unspecified atom stereocenters. The number of rotatable bonds is 3. The highest BCUT2D eigenvalue weighted by Crippen LogP contribution is 2.41. The first-order valence-corrected chi connectivity index (χ1v) is 7.72. The molecular formula is C15H20BrN3. The number of aliphatic imine (C=N–C) groups is 1. The zero-order valence-electron chi connectivity index (χ0n) is 11.4. The Hall–Kier alpha value is -1.03. The molecule has 0 aromatic heterocycles. The number of hydrogen-bond donors (Lipinski definition) is 2. The maximum Gasteiger partial charge on any atom is 0.191 e. The smallest absolute Gasteiger partial charge is 0.191 e. The average Bonchev–Trinajstić information content (AvgIpc) is 3.30. The number of nitrogens with zero attached hydrogens (tertiary/aromatic N) is 1. The minimum Gasteiger partial charge on any atom is -0.353 e. The summed E-state index contributed by atoms with van der Waals surface area (Å²) in [6.07, 6.45) is 2.46. The van der Waals surface area contributed by atoms with E-state index in [1.165, 1.54) is 18.4 Å². The number of guanidine groups is 1. The first-order valence-electron chi connectivity index (χ1n) is 6.92. The van der Waals surface area contributed by atoms with Crippen LogP contribution in [0.5, 0.6) is 0 Å². The average molecular weight is 322 g/mol. The van der Waals surface area contributed by atoms with E-state index < -0.39 is 0 Å². The Morgan fingerprint density at radius 1 is 1.16 bits per heavy atom. The molecule has 19 heavy (non-hydrogen) atoms. The standard InChI is InChI=1S/C15H20BrN3/c1-9-7-13(9)18-15(17-2)19-14-8-12(14)10-3-5-11(16)6-4-10/h3-6,9,12-14H,7-8H2,1-2H3,(H2,17,18,19). The van der Waals surface area contributed by atoms with Gasteiger partial charge in [-0.2, -0.15) is 0 Å². The fourth-order valence-electron chi connectivity index (χ4n) is 2.48. The minimum atomic E-state index is 0.529. The molecule has 2 aliphatic rings. The zero-order chi connectivity index (χ0) is 13.4. The van der Waals surface area contributed by atoms with Crippen molar-refractivity contribution in [2.24, 2.45) is 10.9 Å². The van der Waals surface area contributed by atoms with Crippen molar-refractivity contribution >= 4 is 21.9 Å². The normalized spacial score (nSPS) is 32.9. The number of hydrogen-bond acceptors (Lipinski definition) is 1. The molecule has 4 heteroatoms. The molecule has 2 saturated carbocycles. The monoisotopic (exact) mass is 321 g/mol. The Kier molecular flexibility index (Phi) is 3.52. The van der Waals surface area contributed by atoms with Gasteiger partial charge in [0, 0.05) is 29.5 Å². The molecule has 102 valence electrons. The van der Waals surface area contributed by atoms with Crippen LogP contribution in [0.3, 0.4) is 0 Å². The van der Waals surface area contributed by atoms with Crippen molar-refractivity contribution in [1.82, 2.24) is 10.6 Å². The summed E-state index contributed by atoms with van der Waals surface area (Å²) >= 11 is 3.48. The fraction of sp³-hybridized carbons (Fsp3) is 0.533. The molecule has 0 spiro atoms. The van der Waals surface area contributed by atoms with Crippen molar-refractivity contribution in [1.29, 1.82) is 0 Å². The fourth-order valence-corrected chi connectivity index (χ4v) is 2.74. The third-order valence-corrected chi connectivity index (χ3v) is 4.59. The molecule has 2 fully saturated rings. The highest BCUT2D eigenvalue weighted by molar-refractivity contribution is 9.10. The largest absolute Gasteiger partial charge is 0.353 e. The van der Waals surface area contributed by atoms with Gasteiger partial charge in [0.25, 0.3) is 0 Å². The molecule has 0 bridgehead atoms. The molecule has 1 aromatic carbocycles. The van der Waals surface area contributed by atoms with Gasteiger partial charge in [-0.3, -0.25) is 4.99 Å². The predicted octanol–water partition coefficient (Wildman–Crippen LogP) is 2.88. The van der Waals surface area contributed by atoms with Crippen LogP contribution < -0.4 is 10.6 Å². The lowest BCUT2D eigenvalue weighted by atomic mass is 10.1. The van der Waals surface area contributed by atoms with Gasteiger partial charge in [-0.1, -0.05) is 35.0 Å². The van der Waals surface area contributed by atoms with Crippen LogP contribution in [0.15, 0.2) is 33.7 Å². The molecule has 0 radical (unpaired) electrons. The minimum absolute atomic E-state index is 0.529. The summed E-state index contributed by atoms with van der Waals surface area (Å²) < 4.78 is 1.14. The summed E-state index contributed by atoms with van der Waals surface area (Å²) in [4.78, 5) is 4.31. The maximum absolute atomic E-state index is 4.31. The van der Waals surface area contributed by atoms with Crippen molar-refractivity contribution in [3.8, 4) is 0 Å². The molecule has 0 heterocycles. The molecule has 4 atom stereocenters. The Morgan fingerprint density at radius 2 is 1.79 bits per heavy atom. The molecule has 0 saturated heterocycles. The summed E-state index contributed by atoms with van der Waals surface area (Å²) in [5.74, 6) is 2.38. The summed E-state index contributed by atoms with van der Waals surface area (Å²) in [5, 5.41) is 7.00. The quantitative estimate of drug-likeness (QED) is 0.663. The number of benzene rings is 1. The van der Waals surface area contributed by atoms with Crippen molar-refractivity contribution in [2.75, 3.05) is 7.05 Å². The van der Waals surface area contributed by atoms with Crippen LogP contribution in [0.4, 0.5) is 0 Å². The van der Waals surface area contributed by atoms with Gasteiger partial charge < -0.3 is 10.6 Å². The van der Waals surface area contributed by atoms with Crippen LogP contribution in [0.1, 0.15) is 31.2 Å². The molecule has 2 aliphatic carbocycles. The second-order valence-corrected chi connectivity index (χ2v) is 6.60. The van der Waals surface area contributed by atoms with E-state index in [4.69, 9.17) is 0 Å². The van der Waals surface area contributed by atoms with Crippen LogP contribution in [-0.2, 0) is 0 Å². The van der Waals surface area contributed by atoms with Crippen LogP contribution in [-0.4, -0.2) is 25.1 Å². The zero-order valence-corrected chi connectivity index (χ0v) is 12.9. The van der Waals surface area contributed by atoms with Crippen LogP contribution >= 0.6 is 15.9 Å².